The molecule has 0 fully saturated rings. The minimum Gasteiger partial charge on any atom is -0.454 e. The number of hydrogen-bond donors (Lipinski definition) is 1. The quantitative estimate of drug-likeness (QED) is 0.492. The van der Waals surface area contributed by atoms with Crippen molar-refractivity contribution in [1.29, 1.82) is 0 Å². The van der Waals surface area contributed by atoms with Gasteiger partial charge in [0.05, 0.1) is 12.3 Å². The van der Waals surface area contributed by atoms with Gasteiger partial charge in [-0.2, -0.15) is 0 Å². The van der Waals surface area contributed by atoms with Crippen LogP contribution in [0.4, 0.5) is 0 Å². The van der Waals surface area contributed by atoms with E-state index in [4.69, 9.17) is 20.7 Å². The third-order valence-electron chi connectivity index (χ3n) is 2.58. The minimum absolute atomic E-state index is 0.174. The number of benzene rings is 1. The van der Waals surface area contributed by atoms with E-state index in [1.165, 1.54) is 0 Å². The first-order valence-electron chi connectivity index (χ1n) is 5.97. The standard InChI is InChI=1S/C14H14N2O4/c1-3-6-15-14(17)8-20-16-10(2)11-4-5-12-13(7-11)19-9-18-12/h1,4-5,7H,6,8-9H2,2H3,(H,15,17)/b16-10+. The summed E-state index contributed by atoms with van der Waals surface area (Å²) in [6, 6.07) is 5.45. The van der Waals surface area contributed by atoms with Crippen molar-refractivity contribution in [2.24, 2.45) is 5.16 Å². The van der Waals surface area contributed by atoms with Crippen molar-refractivity contribution in [3.63, 3.8) is 0 Å². The third kappa shape index (κ3) is 3.42. The Labute approximate surface area is 116 Å². The number of rotatable bonds is 5. The number of carbonyl (C=O) groups is 1. The molecule has 1 aromatic carbocycles. The molecule has 0 saturated carbocycles. The summed E-state index contributed by atoms with van der Waals surface area (Å²) in [6.45, 7) is 1.99. The molecule has 0 saturated heterocycles. The number of terminal acetylenes is 1. The molecule has 1 aromatic rings. The highest BCUT2D eigenvalue weighted by Gasteiger charge is 2.14. The Hall–Kier alpha value is -2.68. The maximum Gasteiger partial charge on any atom is 0.261 e. The first-order valence-corrected chi connectivity index (χ1v) is 5.97. The lowest BCUT2D eigenvalue weighted by molar-refractivity contribution is -0.125. The maximum atomic E-state index is 11.2. The van der Waals surface area contributed by atoms with Gasteiger partial charge in [0, 0.05) is 5.56 Å². The molecular formula is C14H14N2O4. The third-order valence-corrected chi connectivity index (χ3v) is 2.58. The zero-order chi connectivity index (χ0) is 14.4. The fourth-order valence-corrected chi connectivity index (χ4v) is 1.56. The number of hydrogen-bond acceptors (Lipinski definition) is 5. The predicted octanol–water partition coefficient (Wildman–Crippen LogP) is 0.905. The number of nitrogens with one attached hydrogen (secondary N) is 1. The van der Waals surface area contributed by atoms with Crippen LogP contribution in [0.15, 0.2) is 23.4 Å². The number of fused-ring (bicyclic) bond motifs is 1. The average Bonchev–Trinajstić information content (AvgIpc) is 2.92. The first kappa shape index (κ1) is 13.7. The Morgan fingerprint density at radius 2 is 2.30 bits per heavy atom. The maximum absolute atomic E-state index is 11.2. The van der Waals surface area contributed by atoms with Gasteiger partial charge in [-0.05, 0) is 25.1 Å². The molecule has 6 nitrogen and oxygen atoms in total. The van der Waals surface area contributed by atoms with E-state index in [2.05, 4.69) is 16.4 Å². The number of ether oxygens (including phenoxy) is 2. The van der Waals surface area contributed by atoms with E-state index in [-0.39, 0.29) is 25.9 Å². The molecular weight excluding hydrogens is 260 g/mol. The molecule has 1 N–H and O–H groups in total. The van der Waals surface area contributed by atoms with Gasteiger partial charge in [0.1, 0.15) is 0 Å². The summed E-state index contributed by atoms with van der Waals surface area (Å²) in [4.78, 5) is 16.2. The van der Waals surface area contributed by atoms with Crippen molar-refractivity contribution in [3.8, 4) is 23.8 Å². The Balaban J connectivity index is 1.90. The Morgan fingerprint density at radius 3 is 3.10 bits per heavy atom. The van der Waals surface area contributed by atoms with Gasteiger partial charge in [-0.25, -0.2) is 0 Å². The van der Waals surface area contributed by atoms with Crippen molar-refractivity contribution in [2.45, 2.75) is 6.92 Å². The van der Waals surface area contributed by atoms with Crippen LogP contribution in [0.25, 0.3) is 0 Å². The summed E-state index contributed by atoms with van der Waals surface area (Å²) in [7, 11) is 0. The van der Waals surface area contributed by atoms with Gasteiger partial charge in [-0.15, -0.1) is 6.42 Å². The molecule has 1 amide bonds. The van der Waals surface area contributed by atoms with Crippen molar-refractivity contribution in [2.75, 3.05) is 19.9 Å². The normalized spacial score (nSPS) is 12.7. The molecule has 20 heavy (non-hydrogen) atoms. The summed E-state index contributed by atoms with van der Waals surface area (Å²) in [5.74, 6) is 3.36. The van der Waals surface area contributed by atoms with Crippen molar-refractivity contribution in [1.82, 2.24) is 5.32 Å². The van der Waals surface area contributed by atoms with Crippen LogP contribution in [0, 0.1) is 12.3 Å². The smallest absolute Gasteiger partial charge is 0.261 e. The monoisotopic (exact) mass is 274 g/mol. The lowest BCUT2D eigenvalue weighted by Gasteiger charge is -2.04. The molecule has 0 unspecified atom stereocenters. The van der Waals surface area contributed by atoms with E-state index < -0.39 is 0 Å². The van der Waals surface area contributed by atoms with Crippen LogP contribution in [0.5, 0.6) is 11.5 Å². The molecule has 0 atom stereocenters. The fourth-order valence-electron chi connectivity index (χ4n) is 1.56. The molecule has 1 aliphatic heterocycles. The second-order valence-corrected chi connectivity index (χ2v) is 4.00. The molecule has 1 aliphatic rings. The summed E-state index contributed by atoms with van der Waals surface area (Å²) >= 11 is 0. The van der Waals surface area contributed by atoms with Gasteiger partial charge in [-0.3, -0.25) is 4.79 Å². The van der Waals surface area contributed by atoms with Crippen LogP contribution >= 0.6 is 0 Å². The van der Waals surface area contributed by atoms with E-state index in [1.54, 1.807) is 13.0 Å². The predicted molar refractivity (Wildman–Crippen MR) is 72.6 cm³/mol. The summed E-state index contributed by atoms with van der Waals surface area (Å²) in [5.41, 5.74) is 1.46. The van der Waals surface area contributed by atoms with E-state index in [1.807, 2.05) is 12.1 Å². The number of amides is 1. The minimum atomic E-state index is -0.315. The van der Waals surface area contributed by atoms with Crippen LogP contribution in [0.1, 0.15) is 12.5 Å². The molecule has 6 heteroatoms. The van der Waals surface area contributed by atoms with Gasteiger partial charge in [0.2, 0.25) is 6.79 Å². The highest BCUT2D eigenvalue weighted by atomic mass is 16.7. The van der Waals surface area contributed by atoms with Crippen LogP contribution in [0.3, 0.4) is 0 Å². The van der Waals surface area contributed by atoms with Crippen LogP contribution in [-0.4, -0.2) is 31.6 Å². The number of nitrogens with zero attached hydrogens (tertiary/aromatic N) is 1. The fraction of sp³-hybridized carbons (Fsp3) is 0.286. The topological polar surface area (TPSA) is 69.2 Å². The molecule has 2 rings (SSSR count). The molecule has 0 aliphatic carbocycles. The summed E-state index contributed by atoms with van der Waals surface area (Å²) in [5, 5.41) is 6.35. The van der Waals surface area contributed by atoms with Gasteiger partial charge in [-0.1, -0.05) is 11.1 Å². The second-order valence-electron chi connectivity index (χ2n) is 4.00. The largest absolute Gasteiger partial charge is 0.454 e. The van der Waals surface area contributed by atoms with E-state index in [0.29, 0.717) is 17.2 Å². The zero-order valence-electron chi connectivity index (χ0n) is 11.0. The van der Waals surface area contributed by atoms with Crippen LogP contribution < -0.4 is 14.8 Å². The number of oxime groups is 1. The molecule has 0 spiro atoms. The molecule has 0 bridgehead atoms. The Kier molecular flexibility index (Phi) is 4.45. The highest BCUT2D eigenvalue weighted by Crippen LogP contribution is 2.32. The molecule has 0 radical (unpaired) electrons. The van der Waals surface area contributed by atoms with Gasteiger partial charge < -0.3 is 19.6 Å². The van der Waals surface area contributed by atoms with Gasteiger partial charge in [0.25, 0.3) is 5.91 Å². The van der Waals surface area contributed by atoms with E-state index in [9.17, 15) is 4.79 Å². The molecule has 0 aromatic heterocycles. The molecule has 104 valence electrons. The first-order chi connectivity index (χ1) is 9.70. The Morgan fingerprint density at radius 1 is 1.50 bits per heavy atom. The second kappa shape index (κ2) is 6.48. The zero-order valence-corrected chi connectivity index (χ0v) is 11.0. The SMILES string of the molecule is C#CCNC(=O)CO/N=C(\C)c1ccc2c(c1)OCO2. The lowest BCUT2D eigenvalue weighted by Crippen LogP contribution is -2.27. The number of carbonyl (C=O) groups excluding carboxylic acids is 1. The molecule has 1 heterocycles. The van der Waals surface area contributed by atoms with Crippen LogP contribution in [-0.2, 0) is 9.63 Å². The van der Waals surface area contributed by atoms with Crippen molar-refractivity contribution in [3.05, 3.63) is 23.8 Å². The highest BCUT2D eigenvalue weighted by molar-refractivity contribution is 5.99. The van der Waals surface area contributed by atoms with Crippen LogP contribution in [0.2, 0.25) is 0 Å². The lowest BCUT2D eigenvalue weighted by atomic mass is 10.1. The van der Waals surface area contributed by atoms with Gasteiger partial charge >= 0.3 is 0 Å². The van der Waals surface area contributed by atoms with E-state index >= 15 is 0 Å². The van der Waals surface area contributed by atoms with Gasteiger partial charge in [0.15, 0.2) is 18.1 Å². The summed E-state index contributed by atoms with van der Waals surface area (Å²) < 4.78 is 10.5. The van der Waals surface area contributed by atoms with E-state index in [0.717, 1.165) is 5.56 Å². The summed E-state index contributed by atoms with van der Waals surface area (Å²) in [6.07, 6.45) is 5.02. The van der Waals surface area contributed by atoms with Crippen molar-refractivity contribution < 1.29 is 19.1 Å². The average molecular weight is 274 g/mol. The van der Waals surface area contributed by atoms with Crippen molar-refractivity contribution >= 4 is 11.6 Å². The Bertz CT molecular complexity index is 575.